The Morgan fingerprint density at radius 2 is 2.00 bits per heavy atom. The summed E-state index contributed by atoms with van der Waals surface area (Å²) >= 11 is 5.91. The molecule has 0 aliphatic heterocycles. The van der Waals surface area contributed by atoms with Crippen LogP contribution in [0.2, 0.25) is 5.28 Å². The molecule has 152 valence electrons. The van der Waals surface area contributed by atoms with Crippen molar-refractivity contribution in [2.24, 2.45) is 0 Å². The van der Waals surface area contributed by atoms with Crippen LogP contribution in [0.3, 0.4) is 0 Å². The highest BCUT2D eigenvalue weighted by Crippen LogP contribution is 2.32. The fourth-order valence-corrected chi connectivity index (χ4v) is 4.07. The molecule has 0 bridgehead atoms. The third-order valence-corrected chi connectivity index (χ3v) is 6.92. The van der Waals surface area contributed by atoms with Gasteiger partial charge in [0.05, 0.1) is 29.1 Å². The number of fused-ring (bicyclic) bond motifs is 1. The minimum Gasteiger partial charge on any atom is -0.360 e. The number of hydrogen-bond donors (Lipinski definition) is 1. The van der Waals surface area contributed by atoms with E-state index in [1.54, 1.807) is 17.6 Å². The summed E-state index contributed by atoms with van der Waals surface area (Å²) in [7, 11) is -3.30. The van der Waals surface area contributed by atoms with Crippen LogP contribution in [-0.4, -0.2) is 38.7 Å². The maximum absolute atomic E-state index is 13.0. The van der Waals surface area contributed by atoms with E-state index >= 15 is 0 Å². The number of aromatic nitrogens is 5. The third kappa shape index (κ3) is 3.82. The number of pyridine rings is 1. The van der Waals surface area contributed by atoms with Gasteiger partial charge < -0.3 is 5.32 Å². The predicted molar refractivity (Wildman–Crippen MR) is 109 cm³/mol. The van der Waals surface area contributed by atoms with E-state index in [2.05, 4.69) is 25.3 Å². The van der Waals surface area contributed by atoms with Gasteiger partial charge in [-0.3, -0.25) is 14.3 Å². The van der Waals surface area contributed by atoms with Crippen molar-refractivity contribution in [2.45, 2.75) is 43.7 Å². The minimum absolute atomic E-state index is 0.0140. The molecule has 0 unspecified atom stereocenters. The molecule has 0 amide bonds. The normalized spacial score (nSPS) is 14.7. The van der Waals surface area contributed by atoms with Gasteiger partial charge in [0.2, 0.25) is 5.28 Å². The molecule has 1 aliphatic rings. The molecule has 1 saturated carbocycles. The van der Waals surface area contributed by atoms with E-state index in [1.807, 2.05) is 0 Å². The van der Waals surface area contributed by atoms with Crippen molar-refractivity contribution in [2.75, 3.05) is 11.1 Å². The van der Waals surface area contributed by atoms with E-state index < -0.39 is 9.84 Å². The number of hydrogen-bond acceptors (Lipinski definition) is 8. The number of nitrogens with zero attached hydrogens (tertiary/aromatic N) is 5. The van der Waals surface area contributed by atoms with Crippen molar-refractivity contribution < 1.29 is 8.42 Å². The maximum Gasteiger partial charge on any atom is 0.295 e. The van der Waals surface area contributed by atoms with Gasteiger partial charge in [-0.1, -0.05) is 6.92 Å². The molecule has 0 saturated heterocycles. The molecule has 3 aromatic heterocycles. The van der Waals surface area contributed by atoms with Crippen molar-refractivity contribution in [3.8, 4) is 0 Å². The lowest BCUT2D eigenvalue weighted by molar-refractivity contribution is 0.313. The molecule has 3 aromatic rings. The quantitative estimate of drug-likeness (QED) is 0.587. The number of sulfone groups is 1. The standard InChI is InChI=1S/C18H19ClN6O3S/c1-2-29(27,28)13-7-6-11(20-9-13)8-21-15-17(26)25(12-4-3-5-12)16-14(23-15)10-22-18(19)24-16/h6-7,9-10,12H,2-5,8H2,1H3,(H,21,23). The van der Waals surface area contributed by atoms with Crippen LogP contribution in [0.1, 0.15) is 37.9 Å². The zero-order chi connectivity index (χ0) is 20.6. The second-order valence-corrected chi connectivity index (χ2v) is 9.43. The predicted octanol–water partition coefficient (Wildman–Crippen LogP) is 2.37. The average Bonchev–Trinajstić information content (AvgIpc) is 2.68. The molecule has 1 aliphatic carbocycles. The first-order chi connectivity index (χ1) is 13.9. The zero-order valence-corrected chi connectivity index (χ0v) is 17.2. The smallest absolute Gasteiger partial charge is 0.295 e. The van der Waals surface area contributed by atoms with Gasteiger partial charge in [-0.05, 0) is 43.0 Å². The highest BCUT2D eigenvalue weighted by molar-refractivity contribution is 7.91. The van der Waals surface area contributed by atoms with Gasteiger partial charge >= 0.3 is 0 Å². The first-order valence-corrected chi connectivity index (χ1v) is 11.3. The summed E-state index contributed by atoms with van der Waals surface area (Å²) in [6.07, 6.45) is 5.67. The molecule has 1 fully saturated rings. The fraction of sp³-hybridized carbons (Fsp3) is 0.389. The van der Waals surface area contributed by atoms with E-state index in [0.717, 1.165) is 19.3 Å². The van der Waals surface area contributed by atoms with Crippen LogP contribution in [0, 0.1) is 0 Å². The topological polar surface area (TPSA) is 120 Å². The summed E-state index contributed by atoms with van der Waals surface area (Å²) in [5, 5.41) is 3.08. The second kappa shape index (κ2) is 7.68. The monoisotopic (exact) mass is 434 g/mol. The van der Waals surface area contributed by atoms with E-state index in [0.29, 0.717) is 16.9 Å². The Hall–Kier alpha value is -2.59. The molecular formula is C18H19ClN6O3S. The van der Waals surface area contributed by atoms with E-state index in [9.17, 15) is 13.2 Å². The van der Waals surface area contributed by atoms with Crippen molar-refractivity contribution in [1.29, 1.82) is 0 Å². The van der Waals surface area contributed by atoms with E-state index in [4.69, 9.17) is 11.6 Å². The summed E-state index contributed by atoms with van der Waals surface area (Å²) in [6.45, 7) is 1.81. The molecule has 0 radical (unpaired) electrons. The molecule has 0 spiro atoms. The first kappa shape index (κ1) is 19.7. The third-order valence-electron chi connectivity index (χ3n) is 5.02. The first-order valence-electron chi connectivity index (χ1n) is 9.25. The molecule has 0 atom stereocenters. The zero-order valence-electron chi connectivity index (χ0n) is 15.7. The summed E-state index contributed by atoms with van der Waals surface area (Å²) in [5.41, 5.74) is 1.21. The number of rotatable bonds is 6. The van der Waals surface area contributed by atoms with Crippen molar-refractivity contribution in [1.82, 2.24) is 24.5 Å². The van der Waals surface area contributed by atoms with Crippen LogP contribution in [0.25, 0.3) is 11.2 Å². The van der Waals surface area contributed by atoms with E-state index in [1.165, 1.54) is 18.5 Å². The number of nitrogens with one attached hydrogen (secondary N) is 1. The van der Waals surface area contributed by atoms with Crippen molar-refractivity contribution in [3.05, 3.63) is 45.9 Å². The molecule has 29 heavy (non-hydrogen) atoms. The fourth-order valence-electron chi connectivity index (χ4n) is 3.12. The average molecular weight is 435 g/mol. The Kier molecular flexibility index (Phi) is 5.22. The Labute approximate surface area is 172 Å². The van der Waals surface area contributed by atoms with Gasteiger partial charge in [-0.2, -0.15) is 4.98 Å². The second-order valence-electron chi connectivity index (χ2n) is 6.81. The molecular weight excluding hydrogens is 416 g/mol. The number of anilines is 1. The SMILES string of the molecule is CCS(=O)(=O)c1ccc(CNc2nc3cnc(Cl)nc3n(C3CCC3)c2=O)nc1. The van der Waals surface area contributed by atoms with Gasteiger partial charge in [-0.15, -0.1) is 0 Å². The van der Waals surface area contributed by atoms with Crippen LogP contribution in [0.4, 0.5) is 5.82 Å². The number of halogens is 1. The Balaban J connectivity index is 1.64. The lowest BCUT2D eigenvalue weighted by atomic mass is 9.93. The van der Waals surface area contributed by atoms with Gasteiger partial charge in [0.15, 0.2) is 21.3 Å². The molecule has 1 N–H and O–H groups in total. The molecule has 11 heteroatoms. The lowest BCUT2D eigenvalue weighted by Crippen LogP contribution is -2.32. The highest BCUT2D eigenvalue weighted by Gasteiger charge is 2.25. The van der Waals surface area contributed by atoms with Gasteiger partial charge in [-0.25, -0.2) is 18.4 Å². The Morgan fingerprint density at radius 1 is 1.21 bits per heavy atom. The maximum atomic E-state index is 13.0. The molecule has 4 rings (SSSR count). The van der Waals surface area contributed by atoms with E-state index in [-0.39, 0.29) is 39.9 Å². The van der Waals surface area contributed by atoms with Crippen LogP contribution >= 0.6 is 11.6 Å². The highest BCUT2D eigenvalue weighted by atomic mass is 35.5. The van der Waals surface area contributed by atoms with Crippen molar-refractivity contribution >= 4 is 38.4 Å². The Bertz CT molecular complexity index is 1220. The van der Waals surface area contributed by atoms with Gasteiger partial charge in [0, 0.05) is 12.2 Å². The van der Waals surface area contributed by atoms with Crippen LogP contribution in [0.5, 0.6) is 0 Å². The van der Waals surface area contributed by atoms with Gasteiger partial charge in [0.25, 0.3) is 5.56 Å². The summed E-state index contributed by atoms with van der Waals surface area (Å²) < 4.78 is 25.4. The largest absolute Gasteiger partial charge is 0.360 e. The summed E-state index contributed by atoms with van der Waals surface area (Å²) in [4.78, 5) is 29.9. The lowest BCUT2D eigenvalue weighted by Gasteiger charge is -2.28. The van der Waals surface area contributed by atoms with Gasteiger partial charge in [0.1, 0.15) is 5.52 Å². The summed E-state index contributed by atoms with van der Waals surface area (Å²) in [6, 6.07) is 3.19. The van der Waals surface area contributed by atoms with Crippen LogP contribution < -0.4 is 10.9 Å². The van der Waals surface area contributed by atoms with Crippen LogP contribution in [0.15, 0.2) is 34.2 Å². The van der Waals surface area contributed by atoms with Crippen molar-refractivity contribution in [3.63, 3.8) is 0 Å². The molecule has 3 heterocycles. The molecule has 0 aromatic carbocycles. The van der Waals surface area contributed by atoms with Crippen LogP contribution in [-0.2, 0) is 16.4 Å². The molecule has 9 nitrogen and oxygen atoms in total. The summed E-state index contributed by atoms with van der Waals surface area (Å²) in [5.74, 6) is 0.183. The Morgan fingerprint density at radius 3 is 2.62 bits per heavy atom. The minimum atomic E-state index is -3.30.